The third kappa shape index (κ3) is 3.17. The molecule has 0 saturated carbocycles. The highest BCUT2D eigenvalue weighted by Gasteiger charge is 2.00. The van der Waals surface area contributed by atoms with Gasteiger partial charge in [0.15, 0.2) is 0 Å². The molecular weight excluding hydrogens is 234 g/mol. The zero-order valence-corrected chi connectivity index (χ0v) is 10.6. The molecule has 2 aromatic heterocycles. The summed E-state index contributed by atoms with van der Waals surface area (Å²) in [6.07, 6.45) is 1.87. The van der Waals surface area contributed by atoms with Crippen molar-refractivity contribution in [3.63, 3.8) is 0 Å². The molecule has 0 aliphatic heterocycles. The first kappa shape index (κ1) is 11.9. The average Bonchev–Trinajstić information content (AvgIpc) is 2.30. The predicted octanol–water partition coefficient (Wildman–Crippen LogP) is 3.36. The van der Waals surface area contributed by atoms with Gasteiger partial charge in [-0.05, 0) is 37.6 Å². The maximum absolute atomic E-state index is 5.80. The van der Waals surface area contributed by atoms with E-state index in [9.17, 15) is 0 Å². The Morgan fingerprint density at radius 1 is 1.18 bits per heavy atom. The summed E-state index contributed by atoms with van der Waals surface area (Å²) in [6.45, 7) is 4.64. The highest BCUT2D eigenvalue weighted by Crippen LogP contribution is 2.16. The Balaban J connectivity index is 2.04. The van der Waals surface area contributed by atoms with Crippen LogP contribution in [-0.4, -0.2) is 9.97 Å². The van der Waals surface area contributed by atoms with Gasteiger partial charge in [-0.1, -0.05) is 17.7 Å². The van der Waals surface area contributed by atoms with Crippen molar-refractivity contribution in [3.8, 4) is 0 Å². The Morgan fingerprint density at radius 3 is 2.65 bits per heavy atom. The van der Waals surface area contributed by atoms with E-state index >= 15 is 0 Å². The molecule has 0 amide bonds. The normalized spacial score (nSPS) is 10.3. The van der Waals surface area contributed by atoms with Crippen LogP contribution in [-0.2, 0) is 6.54 Å². The van der Waals surface area contributed by atoms with Crippen LogP contribution in [0, 0.1) is 13.8 Å². The number of hydrogen-bond acceptors (Lipinski definition) is 3. The van der Waals surface area contributed by atoms with Crippen molar-refractivity contribution in [2.24, 2.45) is 0 Å². The molecule has 3 nitrogen and oxygen atoms in total. The summed E-state index contributed by atoms with van der Waals surface area (Å²) in [7, 11) is 0. The molecule has 0 atom stereocenters. The summed E-state index contributed by atoms with van der Waals surface area (Å²) in [4.78, 5) is 8.51. The van der Waals surface area contributed by atoms with Gasteiger partial charge in [0.05, 0.1) is 23.6 Å². The van der Waals surface area contributed by atoms with Crippen molar-refractivity contribution < 1.29 is 0 Å². The first-order chi connectivity index (χ1) is 8.15. The van der Waals surface area contributed by atoms with Crippen LogP contribution in [0.3, 0.4) is 0 Å². The van der Waals surface area contributed by atoms with Crippen LogP contribution in [0.4, 0.5) is 5.69 Å². The molecule has 0 unspecified atom stereocenters. The van der Waals surface area contributed by atoms with Crippen molar-refractivity contribution in [1.29, 1.82) is 0 Å². The van der Waals surface area contributed by atoms with Gasteiger partial charge in [0.25, 0.3) is 0 Å². The number of nitrogens with zero attached hydrogens (tertiary/aromatic N) is 2. The van der Waals surface area contributed by atoms with Gasteiger partial charge >= 0.3 is 0 Å². The van der Waals surface area contributed by atoms with E-state index in [1.54, 1.807) is 6.07 Å². The Morgan fingerprint density at radius 2 is 2.00 bits per heavy atom. The highest BCUT2D eigenvalue weighted by molar-refractivity contribution is 6.29. The van der Waals surface area contributed by atoms with E-state index in [1.807, 2.05) is 32.2 Å². The standard InChI is InChI=1S/C13H14ClN3/c1-9-3-4-11(15-7-9)8-16-12-5-6-13(14)17-10(12)2/h3-7,16H,8H2,1-2H3. The number of nitrogens with one attached hydrogen (secondary N) is 1. The quantitative estimate of drug-likeness (QED) is 0.846. The molecule has 4 heteroatoms. The van der Waals surface area contributed by atoms with Crippen molar-refractivity contribution in [1.82, 2.24) is 9.97 Å². The minimum absolute atomic E-state index is 0.515. The van der Waals surface area contributed by atoms with Crippen LogP contribution in [0.25, 0.3) is 0 Å². The first-order valence-electron chi connectivity index (χ1n) is 5.44. The minimum Gasteiger partial charge on any atom is -0.378 e. The van der Waals surface area contributed by atoms with Crippen LogP contribution in [0.1, 0.15) is 17.0 Å². The number of pyridine rings is 2. The number of anilines is 1. The molecule has 1 N–H and O–H groups in total. The maximum atomic E-state index is 5.80. The molecule has 0 aliphatic carbocycles. The van der Waals surface area contributed by atoms with Gasteiger partial charge in [0, 0.05) is 6.20 Å². The fourth-order valence-electron chi connectivity index (χ4n) is 1.51. The van der Waals surface area contributed by atoms with Gasteiger partial charge in [-0.15, -0.1) is 0 Å². The van der Waals surface area contributed by atoms with Crippen LogP contribution >= 0.6 is 11.6 Å². The van der Waals surface area contributed by atoms with E-state index in [-0.39, 0.29) is 0 Å². The SMILES string of the molecule is Cc1ccc(CNc2ccc(Cl)nc2C)nc1. The van der Waals surface area contributed by atoms with Gasteiger partial charge in [0.1, 0.15) is 5.15 Å². The third-order valence-corrected chi connectivity index (χ3v) is 2.69. The molecule has 88 valence electrons. The van der Waals surface area contributed by atoms with Crippen LogP contribution < -0.4 is 5.32 Å². The maximum Gasteiger partial charge on any atom is 0.129 e. The molecular formula is C13H14ClN3. The zero-order valence-electron chi connectivity index (χ0n) is 9.87. The Labute approximate surface area is 106 Å². The molecule has 0 fully saturated rings. The second-order valence-corrected chi connectivity index (χ2v) is 4.33. The van der Waals surface area contributed by atoms with E-state index in [4.69, 9.17) is 11.6 Å². The Hall–Kier alpha value is -1.61. The number of aromatic nitrogens is 2. The van der Waals surface area contributed by atoms with Crippen LogP contribution in [0.15, 0.2) is 30.5 Å². The van der Waals surface area contributed by atoms with Gasteiger partial charge in [-0.2, -0.15) is 0 Å². The van der Waals surface area contributed by atoms with Crippen LogP contribution in [0.2, 0.25) is 5.15 Å². The lowest BCUT2D eigenvalue weighted by Crippen LogP contribution is -2.03. The average molecular weight is 248 g/mol. The van der Waals surface area contributed by atoms with E-state index in [2.05, 4.69) is 21.4 Å². The lowest BCUT2D eigenvalue weighted by atomic mass is 10.2. The number of halogens is 1. The summed E-state index contributed by atoms with van der Waals surface area (Å²) in [5.41, 5.74) is 4.05. The molecule has 0 spiro atoms. The van der Waals surface area contributed by atoms with Gasteiger partial charge in [0.2, 0.25) is 0 Å². The topological polar surface area (TPSA) is 37.8 Å². The fourth-order valence-corrected chi connectivity index (χ4v) is 1.70. The summed E-state index contributed by atoms with van der Waals surface area (Å²) >= 11 is 5.80. The minimum atomic E-state index is 0.515. The zero-order chi connectivity index (χ0) is 12.3. The van der Waals surface area contributed by atoms with E-state index < -0.39 is 0 Å². The molecule has 2 heterocycles. The number of rotatable bonds is 3. The van der Waals surface area contributed by atoms with Crippen LogP contribution in [0.5, 0.6) is 0 Å². The Bertz CT molecular complexity index is 509. The molecule has 17 heavy (non-hydrogen) atoms. The molecule has 0 aliphatic rings. The van der Waals surface area contributed by atoms with Gasteiger partial charge in [-0.3, -0.25) is 4.98 Å². The fraction of sp³-hybridized carbons (Fsp3) is 0.231. The van der Waals surface area contributed by atoms with E-state index in [0.717, 1.165) is 22.6 Å². The third-order valence-electron chi connectivity index (χ3n) is 2.48. The second kappa shape index (κ2) is 5.15. The second-order valence-electron chi connectivity index (χ2n) is 3.95. The molecule has 0 radical (unpaired) electrons. The Kier molecular flexibility index (Phi) is 3.59. The van der Waals surface area contributed by atoms with Gasteiger partial charge < -0.3 is 5.32 Å². The molecule has 0 saturated heterocycles. The van der Waals surface area contributed by atoms with Crippen molar-refractivity contribution in [3.05, 3.63) is 52.6 Å². The van der Waals surface area contributed by atoms with Gasteiger partial charge in [-0.25, -0.2) is 4.98 Å². The summed E-state index contributed by atoms with van der Waals surface area (Å²) in [5.74, 6) is 0. The molecule has 0 bridgehead atoms. The smallest absolute Gasteiger partial charge is 0.129 e. The molecule has 2 aromatic rings. The molecule has 0 aromatic carbocycles. The largest absolute Gasteiger partial charge is 0.378 e. The highest BCUT2D eigenvalue weighted by atomic mass is 35.5. The molecule has 2 rings (SSSR count). The summed E-state index contributed by atoms with van der Waals surface area (Å²) < 4.78 is 0. The summed E-state index contributed by atoms with van der Waals surface area (Å²) in [6, 6.07) is 7.77. The lowest BCUT2D eigenvalue weighted by Gasteiger charge is -2.08. The van der Waals surface area contributed by atoms with E-state index in [1.165, 1.54) is 0 Å². The first-order valence-corrected chi connectivity index (χ1v) is 5.81. The summed E-state index contributed by atoms with van der Waals surface area (Å²) in [5, 5.41) is 3.81. The van der Waals surface area contributed by atoms with Crippen molar-refractivity contribution in [2.45, 2.75) is 20.4 Å². The monoisotopic (exact) mass is 247 g/mol. The predicted molar refractivity (Wildman–Crippen MR) is 70.3 cm³/mol. The van der Waals surface area contributed by atoms with E-state index in [0.29, 0.717) is 11.7 Å². The van der Waals surface area contributed by atoms with Crippen molar-refractivity contribution in [2.75, 3.05) is 5.32 Å². The lowest BCUT2D eigenvalue weighted by molar-refractivity contribution is 1.03. The number of hydrogen-bond donors (Lipinski definition) is 1. The van der Waals surface area contributed by atoms with Crippen molar-refractivity contribution >= 4 is 17.3 Å². The number of aryl methyl sites for hydroxylation is 2.